The largest absolute Gasteiger partial charge is 0.491 e. The molecule has 202 valence electrons. The first-order chi connectivity index (χ1) is 18.1. The fourth-order valence-corrected chi connectivity index (χ4v) is 4.35. The zero-order valence-electron chi connectivity index (χ0n) is 22.5. The van der Waals surface area contributed by atoms with Crippen LogP contribution in [0.25, 0.3) is 10.8 Å². The maximum absolute atomic E-state index is 10.5. The van der Waals surface area contributed by atoms with Crippen LogP contribution < -0.4 is 14.2 Å². The Bertz CT molecular complexity index is 1040. The van der Waals surface area contributed by atoms with Gasteiger partial charge in [-0.3, -0.25) is 0 Å². The van der Waals surface area contributed by atoms with Crippen LogP contribution in [0.3, 0.4) is 0 Å². The van der Waals surface area contributed by atoms with Gasteiger partial charge in [-0.15, -0.1) is 0 Å². The number of hydrogen-bond acceptors (Lipinski definition) is 5. The van der Waals surface area contributed by atoms with Crippen molar-refractivity contribution in [2.24, 2.45) is 0 Å². The fourth-order valence-electron chi connectivity index (χ4n) is 4.35. The molecule has 3 rings (SSSR count). The molecule has 0 spiro atoms. The molecule has 0 bridgehead atoms. The number of unbranched alkanes of at least 4 members (excludes halogenated alkanes) is 6. The Labute approximate surface area is 222 Å². The van der Waals surface area contributed by atoms with Crippen molar-refractivity contribution in [2.75, 3.05) is 13.2 Å². The summed E-state index contributed by atoms with van der Waals surface area (Å²) >= 11 is 0. The van der Waals surface area contributed by atoms with Crippen molar-refractivity contribution in [1.29, 1.82) is 0 Å². The lowest BCUT2D eigenvalue weighted by Gasteiger charge is -2.18. The molecule has 2 atom stereocenters. The molecule has 5 nitrogen and oxygen atoms in total. The molecule has 3 aromatic carbocycles. The number of rotatable bonds is 18. The molecule has 0 saturated carbocycles. The van der Waals surface area contributed by atoms with Gasteiger partial charge in [0.05, 0.1) is 12.2 Å². The van der Waals surface area contributed by atoms with E-state index < -0.39 is 12.2 Å². The number of hydrogen-bond donors (Lipinski definition) is 2. The van der Waals surface area contributed by atoms with Gasteiger partial charge in [-0.25, -0.2) is 0 Å². The van der Waals surface area contributed by atoms with Crippen molar-refractivity contribution in [3.63, 3.8) is 0 Å². The van der Waals surface area contributed by atoms with Gasteiger partial charge in [0.2, 0.25) is 0 Å². The van der Waals surface area contributed by atoms with Crippen molar-refractivity contribution >= 4 is 10.8 Å². The SMILES string of the molecule is CCCCCCC(O)COc1ccc2c(OCC(O)CCCCCC)c(Oc3ccccc3)ccc2c1. The number of ether oxygens (including phenoxy) is 3. The second-order valence-corrected chi connectivity index (χ2v) is 9.82. The zero-order valence-corrected chi connectivity index (χ0v) is 22.5. The molecule has 5 heteroatoms. The standard InChI is InChI=1S/C32H44O5/c1-3-5-7-10-14-26(33)23-35-29-19-20-30-25(22-29)18-21-31(37-28-16-12-9-13-17-28)32(30)36-24-27(34)15-11-8-6-4-2/h9,12-13,16-22,26-27,33-34H,3-8,10-11,14-15,23-24H2,1-2H3. The molecule has 3 aromatic rings. The van der Waals surface area contributed by atoms with Crippen molar-refractivity contribution < 1.29 is 24.4 Å². The summed E-state index contributed by atoms with van der Waals surface area (Å²) in [5, 5.41) is 22.6. The third kappa shape index (κ3) is 9.90. The lowest BCUT2D eigenvalue weighted by atomic mass is 10.1. The number of aliphatic hydroxyl groups is 2. The minimum atomic E-state index is -0.530. The minimum absolute atomic E-state index is 0.207. The number of benzene rings is 3. The van der Waals surface area contributed by atoms with Gasteiger partial charge in [0, 0.05) is 5.39 Å². The van der Waals surface area contributed by atoms with Crippen LogP contribution >= 0.6 is 0 Å². The topological polar surface area (TPSA) is 68.2 Å². The summed E-state index contributed by atoms with van der Waals surface area (Å²) < 4.78 is 18.2. The summed E-state index contributed by atoms with van der Waals surface area (Å²) in [6.45, 7) is 4.85. The first kappa shape index (κ1) is 28.8. The summed E-state index contributed by atoms with van der Waals surface area (Å²) in [5.74, 6) is 2.64. The van der Waals surface area contributed by atoms with E-state index in [0.29, 0.717) is 17.2 Å². The average molecular weight is 509 g/mol. The highest BCUT2D eigenvalue weighted by Crippen LogP contribution is 2.39. The van der Waals surface area contributed by atoms with Crippen LogP contribution in [-0.4, -0.2) is 35.6 Å². The van der Waals surface area contributed by atoms with Gasteiger partial charge in [0.1, 0.15) is 24.7 Å². The van der Waals surface area contributed by atoms with Gasteiger partial charge >= 0.3 is 0 Å². The van der Waals surface area contributed by atoms with E-state index in [0.717, 1.165) is 55.0 Å². The highest BCUT2D eigenvalue weighted by Gasteiger charge is 2.15. The number of aliphatic hydroxyl groups excluding tert-OH is 2. The van der Waals surface area contributed by atoms with Gasteiger partial charge in [-0.05, 0) is 54.6 Å². The van der Waals surface area contributed by atoms with Crippen molar-refractivity contribution in [3.05, 3.63) is 60.7 Å². The van der Waals surface area contributed by atoms with Gasteiger partial charge < -0.3 is 24.4 Å². The zero-order chi connectivity index (χ0) is 26.3. The van der Waals surface area contributed by atoms with Crippen molar-refractivity contribution in [2.45, 2.75) is 90.3 Å². The highest BCUT2D eigenvalue weighted by molar-refractivity contribution is 5.92. The summed E-state index contributed by atoms with van der Waals surface area (Å²) in [4.78, 5) is 0. The minimum Gasteiger partial charge on any atom is -0.491 e. The highest BCUT2D eigenvalue weighted by atomic mass is 16.5. The Morgan fingerprint density at radius 2 is 1.30 bits per heavy atom. The van der Waals surface area contributed by atoms with Crippen LogP contribution in [-0.2, 0) is 0 Å². The lowest BCUT2D eigenvalue weighted by Crippen LogP contribution is -2.18. The van der Waals surface area contributed by atoms with Gasteiger partial charge in [0.25, 0.3) is 0 Å². The summed E-state index contributed by atoms with van der Waals surface area (Å²) in [6, 6.07) is 19.3. The summed E-state index contributed by atoms with van der Waals surface area (Å²) in [5.41, 5.74) is 0. The van der Waals surface area contributed by atoms with Crippen LogP contribution in [0, 0.1) is 0 Å². The molecule has 0 aromatic heterocycles. The second kappa shape index (κ2) is 16.2. The van der Waals surface area contributed by atoms with Crippen molar-refractivity contribution in [3.8, 4) is 23.0 Å². The first-order valence-corrected chi connectivity index (χ1v) is 14.0. The van der Waals surface area contributed by atoms with Crippen LogP contribution in [0.4, 0.5) is 0 Å². The van der Waals surface area contributed by atoms with E-state index in [1.807, 2.05) is 60.7 Å². The molecular formula is C32H44O5. The predicted octanol–water partition coefficient (Wildman–Crippen LogP) is 8.05. The summed E-state index contributed by atoms with van der Waals surface area (Å²) in [7, 11) is 0. The monoisotopic (exact) mass is 508 g/mol. The Hall–Kier alpha value is -2.76. The quantitative estimate of drug-likeness (QED) is 0.170. The second-order valence-electron chi connectivity index (χ2n) is 9.82. The first-order valence-electron chi connectivity index (χ1n) is 14.0. The van der Waals surface area contributed by atoms with Gasteiger partial charge in [0.15, 0.2) is 11.5 Å². The summed E-state index contributed by atoms with van der Waals surface area (Å²) in [6.07, 6.45) is 9.51. The Morgan fingerprint density at radius 3 is 1.95 bits per heavy atom. The molecule has 2 N–H and O–H groups in total. The molecule has 0 aliphatic heterocycles. The number of fused-ring (bicyclic) bond motifs is 1. The molecule has 0 aliphatic rings. The van der Waals surface area contributed by atoms with E-state index in [9.17, 15) is 10.2 Å². The van der Waals surface area contributed by atoms with E-state index in [1.165, 1.54) is 25.7 Å². The molecule has 0 fully saturated rings. The van der Waals surface area contributed by atoms with Gasteiger partial charge in [-0.2, -0.15) is 0 Å². The molecule has 0 radical (unpaired) electrons. The lowest BCUT2D eigenvalue weighted by molar-refractivity contribution is 0.0970. The van der Waals surface area contributed by atoms with Crippen LogP contribution in [0.15, 0.2) is 60.7 Å². The Balaban J connectivity index is 1.71. The normalized spacial score (nSPS) is 12.9. The van der Waals surface area contributed by atoms with Crippen LogP contribution in [0.1, 0.15) is 78.1 Å². The van der Waals surface area contributed by atoms with E-state index >= 15 is 0 Å². The third-order valence-corrected chi connectivity index (χ3v) is 6.52. The average Bonchev–Trinajstić information content (AvgIpc) is 2.92. The smallest absolute Gasteiger partial charge is 0.169 e. The molecule has 0 amide bonds. The molecule has 0 saturated heterocycles. The molecule has 0 aliphatic carbocycles. The Morgan fingerprint density at radius 1 is 0.649 bits per heavy atom. The predicted molar refractivity (Wildman–Crippen MR) is 151 cm³/mol. The molecule has 37 heavy (non-hydrogen) atoms. The van der Waals surface area contributed by atoms with Crippen LogP contribution in [0.2, 0.25) is 0 Å². The maximum Gasteiger partial charge on any atom is 0.169 e. The molecule has 2 unspecified atom stereocenters. The van der Waals surface area contributed by atoms with E-state index in [1.54, 1.807) is 0 Å². The molecular weight excluding hydrogens is 464 g/mol. The van der Waals surface area contributed by atoms with Crippen LogP contribution in [0.5, 0.6) is 23.0 Å². The Kier molecular flexibility index (Phi) is 12.6. The number of para-hydroxylation sites is 1. The fraction of sp³-hybridized carbons (Fsp3) is 0.500. The third-order valence-electron chi connectivity index (χ3n) is 6.52. The van der Waals surface area contributed by atoms with Crippen molar-refractivity contribution in [1.82, 2.24) is 0 Å². The van der Waals surface area contributed by atoms with E-state index in [-0.39, 0.29) is 13.2 Å². The van der Waals surface area contributed by atoms with E-state index in [2.05, 4.69) is 13.8 Å². The molecule has 0 heterocycles. The van der Waals surface area contributed by atoms with Gasteiger partial charge in [-0.1, -0.05) is 89.5 Å². The maximum atomic E-state index is 10.5. The van der Waals surface area contributed by atoms with E-state index in [4.69, 9.17) is 14.2 Å².